The lowest BCUT2D eigenvalue weighted by atomic mass is 10.2. The smallest absolute Gasteiger partial charge is 0.343 e. The van der Waals surface area contributed by atoms with E-state index in [0.717, 1.165) is 11.3 Å². The summed E-state index contributed by atoms with van der Waals surface area (Å²) >= 11 is 0. The van der Waals surface area contributed by atoms with E-state index < -0.39 is 5.97 Å². The summed E-state index contributed by atoms with van der Waals surface area (Å²) in [5.41, 5.74) is 1.91. The van der Waals surface area contributed by atoms with Crippen molar-refractivity contribution in [2.45, 2.75) is 13.8 Å². The maximum atomic E-state index is 11.9. The normalized spacial score (nSPS) is 11.2. The fraction of sp³-hybridized carbons (Fsp3) is 0.286. The van der Waals surface area contributed by atoms with Crippen molar-refractivity contribution < 1.29 is 14.6 Å². The second kappa shape index (κ2) is 4.69. The number of esters is 1. The lowest BCUT2D eigenvalue weighted by Crippen LogP contribution is -2.06. The number of aryl methyl sites for hydroxylation is 2. The number of imidazole rings is 1. The Kier molecular flexibility index (Phi) is 2.97. The van der Waals surface area contributed by atoms with Gasteiger partial charge in [0.15, 0.2) is 5.65 Å². The molecule has 0 aliphatic rings. The summed E-state index contributed by atoms with van der Waals surface area (Å²) in [6, 6.07) is 1.55. The standard InChI is InChI=1S/C14H14N4O3/c1-4-21-14(20)9-5-8-11-10(16-7(2)18(11)3)6-15-12(8)17-13(9)19/h5-6H,4H2,1-3H3,(H,15,17,19). The van der Waals surface area contributed by atoms with Gasteiger partial charge in [0.25, 0.3) is 0 Å². The Bertz CT molecular complexity index is 870. The van der Waals surface area contributed by atoms with Crippen LogP contribution in [0.2, 0.25) is 0 Å². The summed E-state index contributed by atoms with van der Waals surface area (Å²) in [5, 5.41) is 10.5. The third-order valence-corrected chi connectivity index (χ3v) is 3.39. The largest absolute Gasteiger partial charge is 0.493 e. The molecule has 0 aromatic carbocycles. The number of hydrogen-bond donors (Lipinski definition) is 1. The first-order valence-electron chi connectivity index (χ1n) is 6.51. The van der Waals surface area contributed by atoms with Crippen LogP contribution in [0.25, 0.3) is 22.1 Å². The monoisotopic (exact) mass is 286 g/mol. The van der Waals surface area contributed by atoms with Crippen molar-refractivity contribution in [2.75, 3.05) is 6.61 Å². The summed E-state index contributed by atoms with van der Waals surface area (Å²) in [6.45, 7) is 3.81. The third-order valence-electron chi connectivity index (χ3n) is 3.39. The molecule has 0 amide bonds. The molecule has 7 nitrogen and oxygen atoms in total. The molecule has 3 aromatic heterocycles. The highest BCUT2D eigenvalue weighted by atomic mass is 16.5. The van der Waals surface area contributed by atoms with Crippen LogP contribution in [-0.2, 0) is 11.8 Å². The van der Waals surface area contributed by atoms with E-state index >= 15 is 0 Å². The number of aromatic hydroxyl groups is 1. The molecule has 0 unspecified atom stereocenters. The predicted octanol–water partition coefficient (Wildman–Crippen LogP) is 1.71. The Morgan fingerprint density at radius 3 is 2.90 bits per heavy atom. The van der Waals surface area contributed by atoms with Crippen LogP contribution in [0, 0.1) is 6.92 Å². The molecule has 21 heavy (non-hydrogen) atoms. The maximum Gasteiger partial charge on any atom is 0.343 e. The lowest BCUT2D eigenvalue weighted by molar-refractivity contribution is 0.0522. The minimum Gasteiger partial charge on any atom is -0.493 e. The van der Waals surface area contributed by atoms with Gasteiger partial charge >= 0.3 is 5.97 Å². The van der Waals surface area contributed by atoms with Crippen LogP contribution in [-0.4, -0.2) is 37.2 Å². The van der Waals surface area contributed by atoms with E-state index in [1.165, 1.54) is 0 Å². The zero-order valence-electron chi connectivity index (χ0n) is 11.9. The zero-order chi connectivity index (χ0) is 15.1. The molecule has 0 saturated carbocycles. The molecule has 0 spiro atoms. The number of ether oxygens (including phenoxy) is 1. The molecular formula is C14H14N4O3. The summed E-state index contributed by atoms with van der Waals surface area (Å²) in [7, 11) is 1.88. The van der Waals surface area contributed by atoms with Crippen LogP contribution >= 0.6 is 0 Å². The first-order valence-corrected chi connectivity index (χ1v) is 6.51. The predicted molar refractivity (Wildman–Crippen MR) is 76.2 cm³/mol. The van der Waals surface area contributed by atoms with Crippen LogP contribution < -0.4 is 0 Å². The number of fused-ring (bicyclic) bond motifs is 3. The Hall–Kier alpha value is -2.70. The number of aromatic nitrogens is 4. The summed E-state index contributed by atoms with van der Waals surface area (Å²) in [4.78, 5) is 24.4. The van der Waals surface area contributed by atoms with Crippen LogP contribution in [0.4, 0.5) is 0 Å². The number of pyridine rings is 2. The Morgan fingerprint density at radius 2 is 2.19 bits per heavy atom. The van der Waals surface area contributed by atoms with E-state index in [-0.39, 0.29) is 18.1 Å². The summed E-state index contributed by atoms with van der Waals surface area (Å²) in [5.74, 6) is -0.169. The van der Waals surface area contributed by atoms with E-state index in [0.29, 0.717) is 16.6 Å². The van der Waals surface area contributed by atoms with Crippen molar-refractivity contribution in [3.05, 3.63) is 23.7 Å². The average molecular weight is 286 g/mol. The quantitative estimate of drug-likeness (QED) is 0.721. The average Bonchev–Trinajstić information content (AvgIpc) is 2.74. The minimum atomic E-state index is -0.611. The Balaban J connectivity index is 2.36. The van der Waals surface area contributed by atoms with Gasteiger partial charge in [-0.25, -0.2) is 14.8 Å². The van der Waals surface area contributed by atoms with E-state index in [1.807, 2.05) is 18.5 Å². The van der Waals surface area contributed by atoms with Crippen molar-refractivity contribution in [2.24, 2.45) is 7.05 Å². The molecule has 0 atom stereocenters. The highest BCUT2D eigenvalue weighted by Crippen LogP contribution is 2.27. The fourth-order valence-corrected chi connectivity index (χ4v) is 2.29. The maximum absolute atomic E-state index is 11.9. The van der Waals surface area contributed by atoms with Crippen LogP contribution in [0.15, 0.2) is 12.3 Å². The van der Waals surface area contributed by atoms with E-state index in [4.69, 9.17) is 4.74 Å². The van der Waals surface area contributed by atoms with Gasteiger partial charge in [0.05, 0.1) is 18.3 Å². The molecule has 1 N–H and O–H groups in total. The van der Waals surface area contributed by atoms with Crippen molar-refractivity contribution in [1.29, 1.82) is 0 Å². The number of carbonyl (C=O) groups excluding carboxylic acids is 1. The lowest BCUT2D eigenvalue weighted by Gasteiger charge is -2.06. The van der Waals surface area contributed by atoms with Gasteiger partial charge < -0.3 is 14.4 Å². The molecule has 0 saturated heterocycles. The number of rotatable bonds is 2. The Morgan fingerprint density at radius 1 is 1.43 bits per heavy atom. The molecule has 0 radical (unpaired) electrons. The van der Waals surface area contributed by atoms with Crippen molar-refractivity contribution in [3.63, 3.8) is 0 Å². The molecule has 7 heteroatoms. The highest BCUT2D eigenvalue weighted by Gasteiger charge is 2.18. The minimum absolute atomic E-state index is 0.0255. The molecule has 0 aliphatic carbocycles. The van der Waals surface area contributed by atoms with Gasteiger partial charge in [-0.3, -0.25) is 0 Å². The van der Waals surface area contributed by atoms with Gasteiger partial charge in [0.2, 0.25) is 5.88 Å². The molecule has 3 rings (SSSR count). The number of hydrogen-bond acceptors (Lipinski definition) is 6. The van der Waals surface area contributed by atoms with Crippen LogP contribution in [0.3, 0.4) is 0 Å². The van der Waals surface area contributed by atoms with Crippen molar-refractivity contribution >= 4 is 28.0 Å². The molecule has 0 fully saturated rings. The van der Waals surface area contributed by atoms with Gasteiger partial charge in [0, 0.05) is 12.4 Å². The molecular weight excluding hydrogens is 272 g/mol. The third kappa shape index (κ3) is 1.97. The first-order chi connectivity index (χ1) is 10.0. The topological polar surface area (TPSA) is 90.1 Å². The molecule has 0 bridgehead atoms. The van der Waals surface area contributed by atoms with E-state index in [2.05, 4.69) is 15.0 Å². The van der Waals surface area contributed by atoms with Crippen molar-refractivity contribution in [3.8, 4) is 5.88 Å². The van der Waals surface area contributed by atoms with Gasteiger partial charge in [-0.15, -0.1) is 0 Å². The fourth-order valence-electron chi connectivity index (χ4n) is 2.29. The van der Waals surface area contributed by atoms with Crippen LogP contribution in [0.5, 0.6) is 5.88 Å². The molecule has 0 aliphatic heterocycles. The first kappa shape index (κ1) is 13.3. The summed E-state index contributed by atoms with van der Waals surface area (Å²) in [6.07, 6.45) is 1.60. The number of carbonyl (C=O) groups is 1. The molecule has 3 heterocycles. The molecule has 108 valence electrons. The SMILES string of the molecule is CCOC(=O)c1cc2c(ncc3nc(C)n(C)c32)nc1O. The number of nitrogens with zero attached hydrogens (tertiary/aromatic N) is 4. The van der Waals surface area contributed by atoms with E-state index in [9.17, 15) is 9.90 Å². The highest BCUT2D eigenvalue weighted by molar-refractivity contribution is 6.05. The summed E-state index contributed by atoms with van der Waals surface area (Å²) < 4.78 is 6.82. The van der Waals surface area contributed by atoms with Gasteiger partial charge in [0.1, 0.15) is 16.9 Å². The van der Waals surface area contributed by atoms with Gasteiger partial charge in [-0.2, -0.15) is 4.98 Å². The van der Waals surface area contributed by atoms with Gasteiger partial charge in [-0.05, 0) is 19.9 Å². The van der Waals surface area contributed by atoms with Gasteiger partial charge in [-0.1, -0.05) is 0 Å². The second-order valence-electron chi connectivity index (χ2n) is 4.66. The van der Waals surface area contributed by atoms with Crippen LogP contribution in [0.1, 0.15) is 23.1 Å². The van der Waals surface area contributed by atoms with E-state index in [1.54, 1.807) is 19.2 Å². The van der Waals surface area contributed by atoms with Crippen molar-refractivity contribution in [1.82, 2.24) is 19.5 Å². The Labute approximate surface area is 120 Å². The molecule has 3 aromatic rings. The zero-order valence-corrected chi connectivity index (χ0v) is 11.9. The second-order valence-corrected chi connectivity index (χ2v) is 4.66.